The number of carbonyl (C=O) groups excluding carboxylic acids is 2. The summed E-state index contributed by atoms with van der Waals surface area (Å²) in [6.07, 6.45) is 1.49. The summed E-state index contributed by atoms with van der Waals surface area (Å²) in [4.78, 5) is 24.6. The van der Waals surface area contributed by atoms with E-state index in [0.717, 1.165) is 10.0 Å². The highest BCUT2D eigenvalue weighted by atomic mass is 79.9. The Morgan fingerprint density at radius 2 is 1.49 bits per heavy atom. The van der Waals surface area contributed by atoms with Crippen molar-refractivity contribution in [3.05, 3.63) is 128 Å². The average Bonchev–Trinajstić information content (AvgIpc) is 2.90. The first-order chi connectivity index (χ1) is 17.9. The SMILES string of the molecule is O=C(N/N=C/c1ccc(OC(=O)c2ccc(Br)cc2)cc1)c1ccc(OCc2ccc(Cl)cc2Cl)cc1. The Hall–Kier alpha value is -3.65. The van der Waals surface area contributed by atoms with Gasteiger partial charge in [0.15, 0.2) is 0 Å². The molecule has 0 atom stereocenters. The zero-order valence-electron chi connectivity index (χ0n) is 19.2. The van der Waals surface area contributed by atoms with Gasteiger partial charge in [-0.2, -0.15) is 5.10 Å². The van der Waals surface area contributed by atoms with Crippen LogP contribution >= 0.6 is 39.1 Å². The Balaban J connectivity index is 1.26. The van der Waals surface area contributed by atoms with Gasteiger partial charge >= 0.3 is 5.97 Å². The summed E-state index contributed by atoms with van der Waals surface area (Å²) >= 11 is 15.4. The minimum Gasteiger partial charge on any atom is -0.489 e. The van der Waals surface area contributed by atoms with Crippen LogP contribution in [0.15, 0.2) is 101 Å². The van der Waals surface area contributed by atoms with Crippen LogP contribution in [-0.2, 0) is 6.61 Å². The van der Waals surface area contributed by atoms with E-state index >= 15 is 0 Å². The molecule has 0 fully saturated rings. The van der Waals surface area contributed by atoms with Crippen LogP contribution < -0.4 is 14.9 Å². The molecular formula is C28H19BrCl2N2O4. The maximum absolute atomic E-state index is 12.4. The van der Waals surface area contributed by atoms with Crippen LogP contribution in [0, 0.1) is 0 Å². The Labute approximate surface area is 232 Å². The van der Waals surface area contributed by atoms with Crippen molar-refractivity contribution in [3.63, 3.8) is 0 Å². The van der Waals surface area contributed by atoms with Gasteiger partial charge in [-0.3, -0.25) is 4.79 Å². The lowest BCUT2D eigenvalue weighted by Crippen LogP contribution is -2.17. The van der Waals surface area contributed by atoms with Crippen molar-refractivity contribution in [1.29, 1.82) is 0 Å². The highest BCUT2D eigenvalue weighted by Gasteiger charge is 2.09. The van der Waals surface area contributed by atoms with Crippen molar-refractivity contribution in [3.8, 4) is 11.5 Å². The van der Waals surface area contributed by atoms with Crippen LogP contribution in [0.4, 0.5) is 0 Å². The van der Waals surface area contributed by atoms with Crippen molar-refractivity contribution in [2.45, 2.75) is 6.61 Å². The van der Waals surface area contributed by atoms with Gasteiger partial charge < -0.3 is 9.47 Å². The molecule has 0 bridgehead atoms. The molecule has 0 aliphatic rings. The highest BCUT2D eigenvalue weighted by Crippen LogP contribution is 2.23. The van der Waals surface area contributed by atoms with Gasteiger partial charge in [-0.1, -0.05) is 45.2 Å². The number of ether oxygens (including phenoxy) is 2. The number of carbonyl (C=O) groups is 2. The second-order valence-corrected chi connectivity index (χ2v) is 9.47. The molecule has 0 saturated carbocycles. The van der Waals surface area contributed by atoms with E-state index in [1.54, 1.807) is 91.0 Å². The summed E-state index contributed by atoms with van der Waals surface area (Å²) in [6, 6.07) is 25.5. The van der Waals surface area contributed by atoms with Crippen LogP contribution in [-0.4, -0.2) is 18.1 Å². The van der Waals surface area contributed by atoms with E-state index in [-0.39, 0.29) is 12.5 Å². The molecule has 4 aromatic carbocycles. The Morgan fingerprint density at radius 3 is 2.16 bits per heavy atom. The van der Waals surface area contributed by atoms with Crippen molar-refractivity contribution in [2.75, 3.05) is 0 Å². The van der Waals surface area contributed by atoms with E-state index in [9.17, 15) is 9.59 Å². The van der Waals surface area contributed by atoms with Crippen molar-refractivity contribution in [1.82, 2.24) is 5.43 Å². The third-order valence-corrected chi connectivity index (χ3v) is 6.19. The van der Waals surface area contributed by atoms with Gasteiger partial charge in [0.25, 0.3) is 5.91 Å². The Kier molecular flexibility index (Phi) is 8.95. The Morgan fingerprint density at radius 1 is 0.838 bits per heavy atom. The molecule has 4 rings (SSSR count). The topological polar surface area (TPSA) is 77.0 Å². The van der Waals surface area contributed by atoms with Crippen LogP contribution in [0.5, 0.6) is 11.5 Å². The largest absolute Gasteiger partial charge is 0.489 e. The van der Waals surface area contributed by atoms with Gasteiger partial charge in [-0.05, 0) is 90.5 Å². The predicted molar refractivity (Wildman–Crippen MR) is 148 cm³/mol. The molecule has 0 heterocycles. The standard InChI is InChI=1S/C28H19BrCl2N2O4/c29-22-8-3-20(4-9-22)28(35)37-25-11-1-18(2-12-25)16-32-33-27(34)19-6-13-24(14-7-19)36-17-21-5-10-23(30)15-26(21)31/h1-16H,17H2,(H,33,34)/b32-16+. The van der Waals surface area contributed by atoms with Gasteiger partial charge in [0.05, 0.1) is 11.8 Å². The minimum absolute atomic E-state index is 0.272. The number of rotatable bonds is 8. The van der Waals surface area contributed by atoms with E-state index in [4.69, 9.17) is 32.7 Å². The number of nitrogens with one attached hydrogen (secondary N) is 1. The molecular weight excluding hydrogens is 579 g/mol. The lowest BCUT2D eigenvalue weighted by Gasteiger charge is -2.08. The maximum Gasteiger partial charge on any atom is 0.343 e. The zero-order valence-corrected chi connectivity index (χ0v) is 22.3. The predicted octanol–water partition coefficient (Wildman–Crippen LogP) is 7.32. The molecule has 0 spiro atoms. The number of hydrazone groups is 1. The first kappa shape index (κ1) is 26.4. The van der Waals surface area contributed by atoms with Gasteiger partial charge in [0.1, 0.15) is 18.1 Å². The molecule has 0 aromatic heterocycles. The third-order valence-electron chi connectivity index (χ3n) is 5.08. The first-order valence-electron chi connectivity index (χ1n) is 11.0. The van der Waals surface area contributed by atoms with Gasteiger partial charge in [-0.25, -0.2) is 10.2 Å². The van der Waals surface area contributed by atoms with E-state index in [1.165, 1.54) is 6.21 Å². The molecule has 1 amide bonds. The minimum atomic E-state index is -0.452. The summed E-state index contributed by atoms with van der Waals surface area (Å²) in [7, 11) is 0. The molecule has 0 aliphatic heterocycles. The number of hydrogen-bond acceptors (Lipinski definition) is 5. The van der Waals surface area contributed by atoms with Gasteiger partial charge in [0.2, 0.25) is 0 Å². The quantitative estimate of drug-likeness (QED) is 0.0999. The number of nitrogens with zero attached hydrogens (tertiary/aromatic N) is 1. The van der Waals surface area contributed by atoms with Crippen molar-refractivity contribution in [2.24, 2.45) is 5.10 Å². The van der Waals surface area contributed by atoms with Gasteiger partial charge in [0, 0.05) is 25.6 Å². The van der Waals surface area contributed by atoms with E-state index in [2.05, 4.69) is 26.5 Å². The molecule has 4 aromatic rings. The van der Waals surface area contributed by atoms with Crippen molar-refractivity contribution >= 4 is 57.2 Å². The maximum atomic E-state index is 12.4. The first-order valence-corrected chi connectivity index (χ1v) is 12.5. The number of hydrogen-bond donors (Lipinski definition) is 1. The normalized spacial score (nSPS) is 10.8. The fourth-order valence-corrected chi connectivity index (χ4v) is 3.83. The third kappa shape index (κ3) is 7.67. The molecule has 1 N–H and O–H groups in total. The molecule has 186 valence electrons. The fraction of sp³-hybridized carbons (Fsp3) is 0.0357. The number of halogens is 3. The molecule has 0 saturated heterocycles. The molecule has 0 radical (unpaired) electrons. The highest BCUT2D eigenvalue weighted by molar-refractivity contribution is 9.10. The summed E-state index contributed by atoms with van der Waals surface area (Å²) in [5.41, 5.74) is 4.87. The molecule has 9 heteroatoms. The molecule has 6 nitrogen and oxygen atoms in total. The molecule has 37 heavy (non-hydrogen) atoms. The Bertz CT molecular complexity index is 1420. The van der Waals surface area contributed by atoms with Crippen LogP contribution in [0.2, 0.25) is 10.0 Å². The van der Waals surface area contributed by atoms with E-state index in [0.29, 0.717) is 38.2 Å². The van der Waals surface area contributed by atoms with E-state index < -0.39 is 5.97 Å². The fourth-order valence-electron chi connectivity index (χ4n) is 3.11. The number of benzene rings is 4. The smallest absolute Gasteiger partial charge is 0.343 e. The summed E-state index contributed by atoms with van der Waals surface area (Å²) in [5.74, 6) is 0.164. The summed E-state index contributed by atoms with van der Waals surface area (Å²) in [5, 5.41) is 5.07. The lowest BCUT2D eigenvalue weighted by atomic mass is 10.2. The number of amides is 1. The van der Waals surface area contributed by atoms with Crippen molar-refractivity contribution < 1.29 is 19.1 Å². The van der Waals surface area contributed by atoms with Gasteiger partial charge in [-0.15, -0.1) is 0 Å². The number of esters is 1. The summed E-state index contributed by atoms with van der Waals surface area (Å²) in [6.45, 7) is 0.272. The lowest BCUT2D eigenvalue weighted by molar-refractivity contribution is 0.0734. The van der Waals surface area contributed by atoms with E-state index in [1.807, 2.05) is 0 Å². The molecule has 0 aliphatic carbocycles. The monoisotopic (exact) mass is 596 g/mol. The second-order valence-electron chi connectivity index (χ2n) is 7.71. The molecule has 0 unspecified atom stereocenters. The summed E-state index contributed by atoms with van der Waals surface area (Å²) < 4.78 is 12.0. The zero-order chi connectivity index (χ0) is 26.2. The van der Waals surface area contributed by atoms with Crippen LogP contribution in [0.1, 0.15) is 31.8 Å². The van der Waals surface area contributed by atoms with Crippen LogP contribution in [0.25, 0.3) is 0 Å². The van der Waals surface area contributed by atoms with Crippen LogP contribution in [0.3, 0.4) is 0 Å². The second kappa shape index (κ2) is 12.5. The average molecular weight is 598 g/mol.